The number of aryl methyl sites for hydroxylation is 1. The number of hydrogen-bond donors (Lipinski definition) is 1. The Hall–Kier alpha value is -2.80. The van der Waals surface area contributed by atoms with Gasteiger partial charge in [-0.3, -0.25) is 4.79 Å². The molecule has 0 aliphatic carbocycles. The third kappa shape index (κ3) is 3.94. The van der Waals surface area contributed by atoms with Crippen LogP contribution in [0.25, 0.3) is 22.2 Å². The van der Waals surface area contributed by atoms with Crippen molar-refractivity contribution in [3.8, 4) is 11.3 Å². The van der Waals surface area contributed by atoms with Gasteiger partial charge in [0.1, 0.15) is 17.0 Å². The summed E-state index contributed by atoms with van der Waals surface area (Å²) in [5, 5.41) is 3.69. The molecule has 1 aliphatic heterocycles. The molecule has 4 rings (SSSR count). The minimum Gasteiger partial charge on any atom is -0.367 e. The van der Waals surface area contributed by atoms with Crippen LogP contribution < -0.4 is 10.9 Å². The van der Waals surface area contributed by atoms with Crippen LogP contribution in [0.1, 0.15) is 38.2 Å². The molecule has 1 N–H and O–H groups in total. The van der Waals surface area contributed by atoms with E-state index in [4.69, 9.17) is 0 Å². The number of aromatic nitrogens is 3. The van der Waals surface area contributed by atoms with Crippen molar-refractivity contribution >= 4 is 16.7 Å². The lowest BCUT2D eigenvalue weighted by molar-refractivity contribution is 0.253. The number of nitrogens with one attached hydrogen (secondary N) is 1. The number of likely N-dealkylation sites (tertiary alicyclic amines) is 1. The topological polar surface area (TPSA) is 63.1 Å². The quantitative estimate of drug-likeness (QED) is 0.711. The van der Waals surface area contributed by atoms with Crippen molar-refractivity contribution in [2.75, 3.05) is 25.5 Å². The zero-order valence-electron chi connectivity index (χ0n) is 17.9. The number of benzene rings is 1. The van der Waals surface area contributed by atoms with Crippen LogP contribution in [0.3, 0.4) is 0 Å². The third-order valence-corrected chi connectivity index (χ3v) is 5.78. The second-order valence-corrected chi connectivity index (χ2v) is 8.52. The molecule has 2 aromatic heterocycles. The van der Waals surface area contributed by atoms with Crippen LogP contribution in [0.15, 0.2) is 35.4 Å². The van der Waals surface area contributed by atoms with Crippen molar-refractivity contribution in [2.24, 2.45) is 7.05 Å². The highest BCUT2D eigenvalue weighted by Gasteiger charge is 2.22. The predicted octanol–water partition coefficient (Wildman–Crippen LogP) is 3.76. The maximum Gasteiger partial charge on any atom is 0.264 e. The Morgan fingerprint density at radius 1 is 1.17 bits per heavy atom. The van der Waals surface area contributed by atoms with E-state index in [1.165, 1.54) is 10.9 Å². The van der Waals surface area contributed by atoms with Crippen LogP contribution in [-0.2, 0) is 7.05 Å². The van der Waals surface area contributed by atoms with E-state index in [1.54, 1.807) is 19.2 Å². The van der Waals surface area contributed by atoms with Crippen molar-refractivity contribution < 1.29 is 4.39 Å². The molecule has 1 aromatic carbocycles. The SMILES string of the molecule is CC(C)Nc1nc(-c2ccc(C3CCN(C)CC3)c(F)c2)cc2ncn(C)c(=O)c12. The zero-order chi connectivity index (χ0) is 21.4. The molecule has 1 saturated heterocycles. The fourth-order valence-electron chi connectivity index (χ4n) is 4.08. The third-order valence-electron chi connectivity index (χ3n) is 5.78. The molecule has 1 fully saturated rings. The van der Waals surface area contributed by atoms with Crippen LogP contribution in [0, 0.1) is 5.82 Å². The Balaban J connectivity index is 1.77. The highest BCUT2D eigenvalue weighted by Crippen LogP contribution is 2.32. The smallest absolute Gasteiger partial charge is 0.264 e. The van der Waals surface area contributed by atoms with E-state index >= 15 is 4.39 Å². The molecule has 158 valence electrons. The van der Waals surface area contributed by atoms with E-state index in [9.17, 15) is 4.79 Å². The lowest BCUT2D eigenvalue weighted by atomic mass is 9.88. The van der Waals surface area contributed by atoms with Gasteiger partial charge < -0.3 is 14.8 Å². The summed E-state index contributed by atoms with van der Waals surface area (Å²) in [7, 11) is 3.77. The Labute approximate surface area is 175 Å². The monoisotopic (exact) mass is 409 g/mol. The summed E-state index contributed by atoms with van der Waals surface area (Å²) in [6.07, 6.45) is 3.44. The molecule has 0 radical (unpaired) electrons. The van der Waals surface area contributed by atoms with Gasteiger partial charge in [-0.15, -0.1) is 0 Å². The molecule has 0 saturated carbocycles. The Kier molecular flexibility index (Phi) is 5.56. The Bertz CT molecular complexity index is 1130. The van der Waals surface area contributed by atoms with Gasteiger partial charge in [0.2, 0.25) is 0 Å². The number of rotatable bonds is 4. The lowest BCUT2D eigenvalue weighted by Gasteiger charge is -2.29. The summed E-state index contributed by atoms with van der Waals surface area (Å²) in [5.41, 5.74) is 2.44. The van der Waals surface area contributed by atoms with Gasteiger partial charge in [0, 0.05) is 18.7 Å². The number of hydrogen-bond acceptors (Lipinski definition) is 5. The van der Waals surface area contributed by atoms with E-state index in [1.807, 2.05) is 26.0 Å². The summed E-state index contributed by atoms with van der Waals surface area (Å²) in [6.45, 7) is 5.94. The average Bonchev–Trinajstić information content (AvgIpc) is 2.71. The van der Waals surface area contributed by atoms with Gasteiger partial charge in [-0.2, -0.15) is 0 Å². The van der Waals surface area contributed by atoms with Crippen molar-refractivity contribution in [1.82, 2.24) is 19.4 Å². The molecule has 30 heavy (non-hydrogen) atoms. The van der Waals surface area contributed by atoms with Gasteiger partial charge in [0.05, 0.1) is 17.5 Å². The number of piperidine rings is 1. The Morgan fingerprint density at radius 2 is 1.90 bits per heavy atom. The maximum atomic E-state index is 15.0. The van der Waals surface area contributed by atoms with Crippen molar-refractivity contribution in [3.05, 3.63) is 52.3 Å². The number of anilines is 1. The summed E-state index contributed by atoms with van der Waals surface area (Å²) >= 11 is 0. The first kappa shape index (κ1) is 20.5. The predicted molar refractivity (Wildman–Crippen MR) is 118 cm³/mol. The van der Waals surface area contributed by atoms with Crippen molar-refractivity contribution in [1.29, 1.82) is 0 Å². The minimum atomic E-state index is -0.195. The minimum absolute atomic E-state index is 0.0874. The summed E-state index contributed by atoms with van der Waals surface area (Å²) in [4.78, 5) is 24.0. The maximum absolute atomic E-state index is 15.0. The van der Waals surface area contributed by atoms with Gasteiger partial charge in [-0.05, 0) is 70.4 Å². The molecule has 6 nitrogen and oxygen atoms in total. The standard InChI is InChI=1S/C23H28FN5O/c1-14(2)26-22-21-20(25-13-29(4)23(21)30)12-19(27-22)16-5-6-17(18(24)11-16)15-7-9-28(3)10-8-15/h5-6,11-15H,7-10H2,1-4H3,(H,26,27). The largest absolute Gasteiger partial charge is 0.367 e. The molecule has 0 atom stereocenters. The van der Waals surface area contributed by atoms with Crippen LogP contribution in [0.4, 0.5) is 10.2 Å². The molecule has 3 aromatic rings. The second-order valence-electron chi connectivity index (χ2n) is 8.52. The fraction of sp³-hybridized carbons (Fsp3) is 0.435. The molecule has 7 heteroatoms. The number of halogens is 1. The number of nitrogens with zero attached hydrogens (tertiary/aromatic N) is 4. The highest BCUT2D eigenvalue weighted by molar-refractivity contribution is 5.91. The fourth-order valence-corrected chi connectivity index (χ4v) is 4.08. The number of pyridine rings is 1. The molecule has 0 spiro atoms. The molecular formula is C23H28FN5O. The second kappa shape index (κ2) is 8.14. The van der Waals surface area contributed by atoms with E-state index in [2.05, 4.69) is 27.2 Å². The Morgan fingerprint density at radius 3 is 2.57 bits per heavy atom. The first-order valence-electron chi connectivity index (χ1n) is 10.4. The van der Waals surface area contributed by atoms with E-state index in [-0.39, 0.29) is 23.3 Å². The molecule has 1 aliphatic rings. The van der Waals surface area contributed by atoms with Gasteiger partial charge >= 0.3 is 0 Å². The highest BCUT2D eigenvalue weighted by atomic mass is 19.1. The average molecular weight is 410 g/mol. The molecule has 0 bridgehead atoms. The summed E-state index contributed by atoms with van der Waals surface area (Å²) < 4.78 is 16.5. The van der Waals surface area contributed by atoms with Crippen LogP contribution >= 0.6 is 0 Å². The number of fused-ring (bicyclic) bond motifs is 1. The molecule has 0 amide bonds. The first-order valence-corrected chi connectivity index (χ1v) is 10.4. The molecule has 3 heterocycles. The lowest BCUT2D eigenvalue weighted by Crippen LogP contribution is -2.29. The van der Waals surface area contributed by atoms with Crippen LogP contribution in [0.2, 0.25) is 0 Å². The molecule has 0 unspecified atom stereocenters. The van der Waals surface area contributed by atoms with Crippen molar-refractivity contribution in [3.63, 3.8) is 0 Å². The normalized spacial score (nSPS) is 15.8. The summed E-state index contributed by atoms with van der Waals surface area (Å²) in [6, 6.07) is 7.21. The van der Waals surface area contributed by atoms with Gasteiger partial charge in [-0.25, -0.2) is 14.4 Å². The van der Waals surface area contributed by atoms with Crippen LogP contribution in [0.5, 0.6) is 0 Å². The molecular weight excluding hydrogens is 381 g/mol. The zero-order valence-corrected chi connectivity index (χ0v) is 17.9. The van der Waals surface area contributed by atoms with E-state index in [0.717, 1.165) is 31.5 Å². The van der Waals surface area contributed by atoms with Crippen molar-refractivity contribution in [2.45, 2.75) is 38.6 Å². The first-order chi connectivity index (χ1) is 14.3. The van der Waals surface area contributed by atoms with Gasteiger partial charge in [0.15, 0.2) is 0 Å². The van der Waals surface area contributed by atoms with Gasteiger partial charge in [0.25, 0.3) is 5.56 Å². The van der Waals surface area contributed by atoms with Crippen LogP contribution in [-0.4, -0.2) is 45.6 Å². The van der Waals surface area contributed by atoms with E-state index < -0.39 is 0 Å². The van der Waals surface area contributed by atoms with E-state index in [0.29, 0.717) is 28.0 Å². The summed E-state index contributed by atoms with van der Waals surface area (Å²) in [5.74, 6) is 0.535. The van der Waals surface area contributed by atoms with Gasteiger partial charge in [-0.1, -0.05) is 12.1 Å².